The normalized spacial score (nSPS) is 13.4. The topological polar surface area (TPSA) is 76.7 Å². The molecule has 6 nitrogen and oxygen atoms in total. The lowest BCUT2D eigenvalue weighted by Crippen LogP contribution is -2.37. The summed E-state index contributed by atoms with van der Waals surface area (Å²) < 4.78 is 10.9. The summed E-state index contributed by atoms with van der Waals surface area (Å²) in [4.78, 5) is 23.7. The smallest absolute Gasteiger partial charge is 0.251 e. The van der Waals surface area contributed by atoms with Gasteiger partial charge >= 0.3 is 0 Å². The predicted octanol–water partition coefficient (Wildman–Crippen LogP) is 1.49. The van der Waals surface area contributed by atoms with Crippen molar-refractivity contribution in [3.05, 3.63) is 23.8 Å². The van der Waals surface area contributed by atoms with Gasteiger partial charge < -0.3 is 20.1 Å². The standard InChI is InChI=1S/C16H22N2O4/c1-3-21-13-8-5-11(9-14(13)22-4-2)16(20)17-10-15(19)18-12-6-7-12/h5,8-9,12H,3-4,6-7,10H2,1-2H3,(H,17,20)(H,18,19). The van der Waals surface area contributed by atoms with Crippen LogP contribution in [0.2, 0.25) is 0 Å². The van der Waals surface area contributed by atoms with Gasteiger partial charge in [0.2, 0.25) is 5.91 Å². The van der Waals surface area contributed by atoms with Gasteiger partial charge in [-0.3, -0.25) is 9.59 Å². The zero-order valence-corrected chi connectivity index (χ0v) is 13.0. The van der Waals surface area contributed by atoms with Crippen molar-refractivity contribution in [1.29, 1.82) is 0 Å². The molecular formula is C16H22N2O4. The minimum absolute atomic E-state index is 0.0213. The molecule has 1 saturated carbocycles. The van der Waals surface area contributed by atoms with Crippen LogP contribution in [0.3, 0.4) is 0 Å². The van der Waals surface area contributed by atoms with Gasteiger partial charge in [-0.1, -0.05) is 0 Å². The third-order valence-corrected chi connectivity index (χ3v) is 3.16. The number of carbonyl (C=O) groups excluding carboxylic acids is 2. The average Bonchev–Trinajstić information content (AvgIpc) is 3.31. The molecule has 0 heterocycles. The number of nitrogens with one attached hydrogen (secondary N) is 2. The molecule has 2 rings (SSSR count). The molecule has 0 bridgehead atoms. The third-order valence-electron chi connectivity index (χ3n) is 3.16. The van der Waals surface area contributed by atoms with Gasteiger partial charge in [-0.2, -0.15) is 0 Å². The third kappa shape index (κ3) is 4.65. The fourth-order valence-electron chi connectivity index (χ4n) is 1.96. The van der Waals surface area contributed by atoms with E-state index in [2.05, 4.69) is 10.6 Å². The molecule has 1 fully saturated rings. The van der Waals surface area contributed by atoms with Crippen LogP contribution in [0.4, 0.5) is 0 Å². The van der Waals surface area contributed by atoms with Crippen molar-refractivity contribution in [3.8, 4) is 11.5 Å². The second-order valence-corrected chi connectivity index (χ2v) is 5.05. The van der Waals surface area contributed by atoms with Crippen LogP contribution < -0.4 is 20.1 Å². The zero-order chi connectivity index (χ0) is 15.9. The SMILES string of the molecule is CCOc1ccc(C(=O)NCC(=O)NC2CC2)cc1OCC. The zero-order valence-electron chi connectivity index (χ0n) is 13.0. The first-order valence-electron chi connectivity index (χ1n) is 7.61. The predicted molar refractivity (Wildman–Crippen MR) is 82.3 cm³/mol. The van der Waals surface area contributed by atoms with Crippen LogP contribution in [0.1, 0.15) is 37.0 Å². The van der Waals surface area contributed by atoms with E-state index < -0.39 is 0 Å². The molecular weight excluding hydrogens is 284 g/mol. The summed E-state index contributed by atoms with van der Waals surface area (Å²) in [6.45, 7) is 4.73. The molecule has 1 aromatic rings. The number of amides is 2. The van der Waals surface area contributed by atoms with Crippen LogP contribution >= 0.6 is 0 Å². The van der Waals surface area contributed by atoms with Crippen LogP contribution in [0, 0.1) is 0 Å². The average molecular weight is 306 g/mol. The van der Waals surface area contributed by atoms with Gasteiger partial charge in [-0.05, 0) is 44.9 Å². The minimum Gasteiger partial charge on any atom is -0.490 e. The van der Waals surface area contributed by atoms with E-state index in [0.29, 0.717) is 36.3 Å². The number of rotatable bonds is 8. The van der Waals surface area contributed by atoms with Crippen molar-refractivity contribution < 1.29 is 19.1 Å². The van der Waals surface area contributed by atoms with Crippen molar-refractivity contribution in [2.75, 3.05) is 19.8 Å². The second kappa shape index (κ2) is 7.68. The first-order valence-corrected chi connectivity index (χ1v) is 7.61. The number of benzene rings is 1. The monoisotopic (exact) mass is 306 g/mol. The van der Waals surface area contributed by atoms with Crippen molar-refractivity contribution in [2.45, 2.75) is 32.7 Å². The van der Waals surface area contributed by atoms with E-state index in [9.17, 15) is 9.59 Å². The summed E-state index contributed by atoms with van der Waals surface area (Å²) in [5.74, 6) is 0.661. The highest BCUT2D eigenvalue weighted by molar-refractivity contribution is 5.97. The van der Waals surface area contributed by atoms with E-state index >= 15 is 0 Å². The van der Waals surface area contributed by atoms with Gasteiger partial charge in [0.15, 0.2) is 11.5 Å². The molecule has 0 aromatic heterocycles. The van der Waals surface area contributed by atoms with E-state index in [1.807, 2.05) is 13.8 Å². The molecule has 1 aromatic carbocycles. The molecule has 0 radical (unpaired) electrons. The van der Waals surface area contributed by atoms with Crippen LogP contribution in [0.15, 0.2) is 18.2 Å². The maximum Gasteiger partial charge on any atom is 0.251 e. The Kier molecular flexibility index (Phi) is 5.63. The quantitative estimate of drug-likeness (QED) is 0.763. The Morgan fingerprint density at radius 2 is 1.82 bits per heavy atom. The molecule has 2 amide bonds. The van der Waals surface area contributed by atoms with E-state index in [1.54, 1.807) is 18.2 Å². The molecule has 1 aliphatic rings. The first kappa shape index (κ1) is 16.1. The lowest BCUT2D eigenvalue weighted by molar-refractivity contribution is -0.120. The Balaban J connectivity index is 1.95. The first-order chi connectivity index (χ1) is 10.6. The molecule has 0 aliphatic heterocycles. The van der Waals surface area contributed by atoms with Gasteiger partial charge in [0, 0.05) is 11.6 Å². The largest absolute Gasteiger partial charge is 0.490 e. The highest BCUT2D eigenvalue weighted by Gasteiger charge is 2.23. The molecule has 22 heavy (non-hydrogen) atoms. The summed E-state index contributed by atoms with van der Waals surface area (Å²) >= 11 is 0. The highest BCUT2D eigenvalue weighted by atomic mass is 16.5. The molecule has 0 spiro atoms. The molecule has 0 saturated heterocycles. The van der Waals surface area contributed by atoms with Crippen molar-refractivity contribution >= 4 is 11.8 Å². The Morgan fingerprint density at radius 1 is 1.14 bits per heavy atom. The Labute approximate surface area is 130 Å². The van der Waals surface area contributed by atoms with E-state index in [-0.39, 0.29) is 18.4 Å². The maximum atomic E-state index is 12.1. The minimum atomic E-state index is -0.310. The van der Waals surface area contributed by atoms with Crippen molar-refractivity contribution in [2.24, 2.45) is 0 Å². The maximum absolute atomic E-state index is 12.1. The number of hydrogen-bond acceptors (Lipinski definition) is 4. The molecule has 6 heteroatoms. The molecule has 2 N–H and O–H groups in total. The summed E-state index contributed by atoms with van der Waals surface area (Å²) in [7, 11) is 0. The molecule has 120 valence electrons. The molecule has 0 unspecified atom stereocenters. The fraction of sp³-hybridized carbons (Fsp3) is 0.500. The fourth-order valence-corrected chi connectivity index (χ4v) is 1.96. The number of hydrogen-bond donors (Lipinski definition) is 2. The van der Waals surface area contributed by atoms with Crippen LogP contribution in [0.5, 0.6) is 11.5 Å². The Hall–Kier alpha value is -2.24. The van der Waals surface area contributed by atoms with Gasteiger partial charge in [-0.25, -0.2) is 0 Å². The van der Waals surface area contributed by atoms with Crippen LogP contribution in [0.25, 0.3) is 0 Å². The Bertz CT molecular complexity index is 541. The second-order valence-electron chi connectivity index (χ2n) is 5.05. The Morgan fingerprint density at radius 3 is 2.45 bits per heavy atom. The van der Waals surface area contributed by atoms with E-state index in [1.165, 1.54) is 0 Å². The lowest BCUT2D eigenvalue weighted by Gasteiger charge is -2.12. The van der Waals surface area contributed by atoms with Gasteiger partial charge in [0.05, 0.1) is 19.8 Å². The highest BCUT2D eigenvalue weighted by Crippen LogP contribution is 2.28. The van der Waals surface area contributed by atoms with Crippen molar-refractivity contribution in [1.82, 2.24) is 10.6 Å². The van der Waals surface area contributed by atoms with Gasteiger partial charge in [0.25, 0.3) is 5.91 Å². The summed E-state index contributed by atoms with van der Waals surface area (Å²) in [6, 6.07) is 5.28. The van der Waals surface area contributed by atoms with Gasteiger partial charge in [-0.15, -0.1) is 0 Å². The number of ether oxygens (including phenoxy) is 2. The lowest BCUT2D eigenvalue weighted by atomic mass is 10.2. The van der Waals surface area contributed by atoms with Crippen LogP contribution in [-0.4, -0.2) is 37.6 Å². The molecule has 1 aliphatic carbocycles. The van der Waals surface area contributed by atoms with E-state index in [0.717, 1.165) is 12.8 Å². The summed E-state index contributed by atoms with van der Waals surface area (Å²) in [5.41, 5.74) is 0.436. The molecule has 0 atom stereocenters. The summed E-state index contributed by atoms with van der Waals surface area (Å²) in [6.07, 6.45) is 2.05. The van der Waals surface area contributed by atoms with Gasteiger partial charge in [0.1, 0.15) is 0 Å². The number of carbonyl (C=O) groups is 2. The summed E-state index contributed by atoms with van der Waals surface area (Å²) in [5, 5.41) is 5.43. The van der Waals surface area contributed by atoms with Crippen molar-refractivity contribution in [3.63, 3.8) is 0 Å². The van der Waals surface area contributed by atoms with Crippen LogP contribution in [-0.2, 0) is 4.79 Å². The van der Waals surface area contributed by atoms with E-state index in [4.69, 9.17) is 9.47 Å².